The first kappa shape index (κ1) is 13.5. The molecule has 0 aromatic heterocycles. The van der Waals surface area contributed by atoms with Crippen LogP contribution in [-0.2, 0) is 0 Å². The van der Waals surface area contributed by atoms with Crippen LogP contribution in [0.2, 0.25) is 0 Å². The maximum Gasteiger partial charge on any atom is 0.387 e. The third-order valence-electron chi connectivity index (χ3n) is 1.77. The summed E-state index contributed by atoms with van der Waals surface area (Å²) in [5.41, 5.74) is 5.79. The summed E-state index contributed by atoms with van der Waals surface area (Å²) >= 11 is 5.45. The number of methoxy groups -OCH3 is 1. The molecule has 0 spiro atoms. The van der Waals surface area contributed by atoms with Crippen LogP contribution in [0.3, 0.4) is 0 Å². The third kappa shape index (κ3) is 4.07. The number of hydrogen-bond acceptors (Lipinski definition) is 3. The standard InChI is InChI=1S/C10H11ClF2N2O2/c1-16-7-3-2-6(15-9(14)5-11)4-8(7)17-10(12)13/h2-4,10H,5H2,1H3,(H2,14,15). The van der Waals surface area contributed by atoms with Gasteiger partial charge in [0.2, 0.25) is 0 Å². The molecule has 1 aromatic carbocycles. The summed E-state index contributed by atoms with van der Waals surface area (Å²) < 4.78 is 33.4. The van der Waals surface area contributed by atoms with Gasteiger partial charge >= 0.3 is 6.61 Å². The minimum Gasteiger partial charge on any atom is -0.493 e. The van der Waals surface area contributed by atoms with Crippen LogP contribution in [0.25, 0.3) is 0 Å². The second-order valence-electron chi connectivity index (χ2n) is 2.95. The summed E-state index contributed by atoms with van der Waals surface area (Å²) in [6.45, 7) is -2.94. The summed E-state index contributed by atoms with van der Waals surface area (Å²) in [5.74, 6) is 0.316. The van der Waals surface area contributed by atoms with E-state index in [1.54, 1.807) is 6.07 Å². The number of halogens is 3. The highest BCUT2D eigenvalue weighted by molar-refractivity contribution is 6.28. The van der Waals surface area contributed by atoms with Crippen LogP contribution in [0.4, 0.5) is 14.5 Å². The van der Waals surface area contributed by atoms with Crippen LogP contribution < -0.4 is 15.2 Å². The SMILES string of the molecule is COc1ccc(N=C(N)CCl)cc1OC(F)F. The lowest BCUT2D eigenvalue weighted by atomic mass is 10.3. The molecule has 0 unspecified atom stereocenters. The van der Waals surface area contributed by atoms with Gasteiger partial charge in [-0.25, -0.2) is 4.99 Å². The molecule has 0 amide bonds. The molecular weight excluding hydrogens is 254 g/mol. The summed E-state index contributed by atoms with van der Waals surface area (Å²) in [7, 11) is 1.35. The van der Waals surface area contributed by atoms with Crippen molar-refractivity contribution in [2.75, 3.05) is 13.0 Å². The summed E-state index contributed by atoms with van der Waals surface area (Å²) in [5, 5.41) is 0. The van der Waals surface area contributed by atoms with Crippen LogP contribution in [-0.4, -0.2) is 25.4 Å². The van der Waals surface area contributed by atoms with Crippen LogP contribution in [0.5, 0.6) is 11.5 Å². The molecular formula is C10H11ClF2N2O2. The monoisotopic (exact) mass is 264 g/mol. The van der Waals surface area contributed by atoms with E-state index in [1.807, 2.05) is 0 Å². The number of alkyl halides is 3. The molecule has 0 heterocycles. The molecule has 0 atom stereocenters. The van der Waals surface area contributed by atoms with Crippen molar-refractivity contribution < 1.29 is 18.3 Å². The van der Waals surface area contributed by atoms with E-state index in [9.17, 15) is 8.78 Å². The van der Waals surface area contributed by atoms with E-state index in [2.05, 4.69) is 9.73 Å². The van der Waals surface area contributed by atoms with Crippen molar-refractivity contribution in [3.05, 3.63) is 18.2 Å². The molecule has 0 aliphatic heterocycles. The van der Waals surface area contributed by atoms with Gasteiger partial charge in [0, 0.05) is 6.07 Å². The second-order valence-corrected chi connectivity index (χ2v) is 3.22. The number of hydrogen-bond donors (Lipinski definition) is 1. The highest BCUT2D eigenvalue weighted by Crippen LogP contribution is 2.32. The molecule has 0 bridgehead atoms. The van der Waals surface area contributed by atoms with Gasteiger partial charge in [-0.15, -0.1) is 11.6 Å². The molecule has 0 radical (unpaired) electrons. The van der Waals surface area contributed by atoms with Gasteiger partial charge in [0.05, 0.1) is 18.7 Å². The van der Waals surface area contributed by atoms with Crippen molar-refractivity contribution in [1.82, 2.24) is 0 Å². The molecule has 0 aliphatic carbocycles. The van der Waals surface area contributed by atoms with E-state index in [0.717, 1.165) is 0 Å². The topological polar surface area (TPSA) is 56.8 Å². The largest absolute Gasteiger partial charge is 0.493 e. The van der Waals surface area contributed by atoms with E-state index in [0.29, 0.717) is 5.69 Å². The van der Waals surface area contributed by atoms with Gasteiger partial charge in [-0.05, 0) is 12.1 Å². The van der Waals surface area contributed by atoms with E-state index < -0.39 is 6.61 Å². The normalized spacial score (nSPS) is 11.7. The second kappa shape index (κ2) is 6.24. The van der Waals surface area contributed by atoms with Crippen LogP contribution in [0.15, 0.2) is 23.2 Å². The number of ether oxygens (including phenoxy) is 2. The zero-order valence-electron chi connectivity index (χ0n) is 8.99. The number of amidine groups is 1. The van der Waals surface area contributed by atoms with E-state index in [4.69, 9.17) is 22.1 Å². The Morgan fingerprint density at radius 3 is 2.71 bits per heavy atom. The van der Waals surface area contributed by atoms with Gasteiger partial charge in [-0.1, -0.05) is 0 Å². The smallest absolute Gasteiger partial charge is 0.387 e. The minimum atomic E-state index is -2.94. The first-order valence-corrected chi connectivity index (χ1v) is 5.12. The van der Waals surface area contributed by atoms with E-state index in [-0.39, 0.29) is 23.2 Å². The van der Waals surface area contributed by atoms with Gasteiger partial charge in [0.15, 0.2) is 11.5 Å². The average molecular weight is 265 g/mol. The number of benzene rings is 1. The Hall–Kier alpha value is -1.56. The zero-order valence-corrected chi connectivity index (χ0v) is 9.75. The fraction of sp³-hybridized carbons (Fsp3) is 0.300. The predicted molar refractivity (Wildman–Crippen MR) is 61.6 cm³/mol. The Kier molecular flexibility index (Phi) is 4.96. The number of aliphatic imine (C=N–C) groups is 1. The van der Waals surface area contributed by atoms with E-state index >= 15 is 0 Å². The Bertz CT molecular complexity index is 413. The Morgan fingerprint density at radius 2 is 2.18 bits per heavy atom. The first-order chi connectivity index (χ1) is 8.06. The Morgan fingerprint density at radius 1 is 1.47 bits per heavy atom. The van der Waals surface area contributed by atoms with Crippen LogP contribution >= 0.6 is 11.6 Å². The van der Waals surface area contributed by atoms with E-state index in [1.165, 1.54) is 19.2 Å². The molecule has 2 N–H and O–H groups in total. The van der Waals surface area contributed by atoms with Crippen molar-refractivity contribution >= 4 is 23.1 Å². The molecule has 0 saturated heterocycles. The van der Waals surface area contributed by atoms with Gasteiger partial charge in [0.25, 0.3) is 0 Å². The molecule has 1 rings (SSSR count). The summed E-state index contributed by atoms with van der Waals surface area (Å²) in [6, 6.07) is 4.30. The van der Waals surface area contributed by atoms with Crippen LogP contribution in [0, 0.1) is 0 Å². The van der Waals surface area contributed by atoms with Crippen molar-refractivity contribution in [2.45, 2.75) is 6.61 Å². The van der Waals surface area contributed by atoms with Gasteiger partial charge in [-0.2, -0.15) is 8.78 Å². The highest BCUT2D eigenvalue weighted by Gasteiger charge is 2.11. The maximum absolute atomic E-state index is 12.1. The number of rotatable bonds is 5. The molecule has 7 heteroatoms. The molecule has 94 valence electrons. The maximum atomic E-state index is 12.1. The van der Waals surface area contributed by atoms with Gasteiger partial charge in [-0.3, -0.25) is 0 Å². The lowest BCUT2D eigenvalue weighted by molar-refractivity contribution is -0.0511. The number of nitrogens with zero attached hydrogens (tertiary/aromatic N) is 1. The Balaban J connectivity index is 3.04. The zero-order chi connectivity index (χ0) is 12.8. The molecule has 0 saturated carbocycles. The molecule has 17 heavy (non-hydrogen) atoms. The lowest BCUT2D eigenvalue weighted by Crippen LogP contribution is -2.12. The molecule has 4 nitrogen and oxygen atoms in total. The highest BCUT2D eigenvalue weighted by atomic mass is 35.5. The minimum absolute atomic E-state index is 0.0526. The van der Waals surface area contributed by atoms with Crippen molar-refractivity contribution in [1.29, 1.82) is 0 Å². The summed E-state index contributed by atoms with van der Waals surface area (Å²) in [4.78, 5) is 3.90. The molecule has 1 aromatic rings. The quantitative estimate of drug-likeness (QED) is 0.505. The fourth-order valence-corrected chi connectivity index (χ4v) is 1.18. The third-order valence-corrected chi connectivity index (χ3v) is 2.05. The lowest BCUT2D eigenvalue weighted by Gasteiger charge is -2.10. The average Bonchev–Trinajstić information content (AvgIpc) is 2.28. The molecule has 0 fully saturated rings. The van der Waals surface area contributed by atoms with Crippen LogP contribution in [0.1, 0.15) is 0 Å². The fourth-order valence-electron chi connectivity index (χ4n) is 1.12. The number of nitrogens with two attached hydrogens (primary N) is 1. The van der Waals surface area contributed by atoms with Gasteiger partial charge in [0.1, 0.15) is 5.84 Å². The van der Waals surface area contributed by atoms with Crippen molar-refractivity contribution in [3.8, 4) is 11.5 Å². The predicted octanol–water partition coefficient (Wildman–Crippen LogP) is 2.52. The van der Waals surface area contributed by atoms with Crippen molar-refractivity contribution in [2.24, 2.45) is 10.7 Å². The molecule has 0 aliphatic rings. The summed E-state index contributed by atoms with van der Waals surface area (Å²) in [6.07, 6.45) is 0. The Labute approximate surface area is 102 Å². The van der Waals surface area contributed by atoms with Crippen molar-refractivity contribution in [3.63, 3.8) is 0 Å². The first-order valence-electron chi connectivity index (χ1n) is 4.58. The van der Waals surface area contributed by atoms with Gasteiger partial charge < -0.3 is 15.2 Å².